The Morgan fingerprint density at radius 3 is 2.33 bits per heavy atom. The number of aliphatic hydroxyl groups excluding tert-OH is 1. The molecule has 0 bridgehead atoms. The van der Waals surface area contributed by atoms with E-state index in [-0.39, 0.29) is 24.7 Å². The summed E-state index contributed by atoms with van der Waals surface area (Å²) in [4.78, 5) is 14.0. The highest BCUT2D eigenvalue weighted by Crippen LogP contribution is 2.32. The minimum atomic E-state index is -0.292. The van der Waals surface area contributed by atoms with Crippen molar-refractivity contribution in [3.8, 4) is 11.5 Å². The zero-order valence-electron chi connectivity index (χ0n) is 12.6. The molecule has 0 atom stereocenters. The number of nitrogen functional groups attached to an aromatic ring is 1. The standard InChI is InChI=1S/C14H22N2O5/c1-19-7-5-16(4-6-17)14(18)10-8-12(20-2)13(21-3)9-11(10)15/h8-9,17H,4-7,15H2,1-3H3. The van der Waals surface area contributed by atoms with Crippen LogP contribution in [0.2, 0.25) is 0 Å². The molecule has 0 spiro atoms. The molecule has 0 unspecified atom stereocenters. The average molecular weight is 298 g/mol. The SMILES string of the molecule is COCCN(CCO)C(=O)c1cc(OC)c(OC)cc1N. The molecule has 0 aliphatic heterocycles. The number of hydrogen-bond donors (Lipinski definition) is 2. The van der Waals surface area contributed by atoms with Crippen LogP contribution in [0.3, 0.4) is 0 Å². The van der Waals surface area contributed by atoms with E-state index in [1.54, 1.807) is 13.2 Å². The highest BCUT2D eigenvalue weighted by molar-refractivity contribution is 6.00. The molecule has 1 amide bonds. The van der Waals surface area contributed by atoms with Crippen molar-refractivity contribution in [2.24, 2.45) is 0 Å². The molecule has 0 saturated heterocycles. The Morgan fingerprint density at radius 1 is 1.19 bits per heavy atom. The van der Waals surface area contributed by atoms with Crippen molar-refractivity contribution in [3.05, 3.63) is 17.7 Å². The second-order valence-electron chi connectivity index (χ2n) is 4.30. The van der Waals surface area contributed by atoms with Crippen LogP contribution in [-0.4, -0.2) is 63.5 Å². The highest BCUT2D eigenvalue weighted by atomic mass is 16.5. The molecule has 1 aromatic rings. The zero-order valence-corrected chi connectivity index (χ0v) is 12.6. The molecule has 0 fully saturated rings. The summed E-state index contributed by atoms with van der Waals surface area (Å²) in [6.07, 6.45) is 0. The molecule has 0 radical (unpaired) electrons. The van der Waals surface area contributed by atoms with E-state index in [2.05, 4.69) is 0 Å². The van der Waals surface area contributed by atoms with Gasteiger partial charge in [-0.25, -0.2) is 0 Å². The Morgan fingerprint density at radius 2 is 1.81 bits per heavy atom. The second-order valence-corrected chi connectivity index (χ2v) is 4.30. The van der Waals surface area contributed by atoms with Gasteiger partial charge in [0.05, 0.1) is 33.0 Å². The van der Waals surface area contributed by atoms with Crippen LogP contribution >= 0.6 is 0 Å². The van der Waals surface area contributed by atoms with Crippen LogP contribution in [0.25, 0.3) is 0 Å². The minimum Gasteiger partial charge on any atom is -0.493 e. The number of ether oxygens (including phenoxy) is 3. The predicted octanol–water partition coefficient (Wildman–Crippen LogP) is 0.367. The maximum Gasteiger partial charge on any atom is 0.256 e. The molecule has 7 heteroatoms. The average Bonchev–Trinajstić information content (AvgIpc) is 2.50. The van der Waals surface area contributed by atoms with E-state index in [4.69, 9.17) is 25.1 Å². The quantitative estimate of drug-likeness (QED) is 0.673. The van der Waals surface area contributed by atoms with E-state index < -0.39 is 0 Å². The molecule has 0 aliphatic carbocycles. The maximum atomic E-state index is 12.5. The van der Waals surface area contributed by atoms with E-state index in [1.165, 1.54) is 25.2 Å². The Balaban J connectivity index is 3.08. The summed E-state index contributed by atoms with van der Waals surface area (Å²) in [5, 5.41) is 9.07. The largest absolute Gasteiger partial charge is 0.493 e. The smallest absolute Gasteiger partial charge is 0.256 e. The number of benzene rings is 1. The number of amides is 1. The van der Waals surface area contributed by atoms with Gasteiger partial charge in [-0.3, -0.25) is 4.79 Å². The summed E-state index contributed by atoms with van der Waals surface area (Å²) in [5.74, 6) is 0.586. The van der Waals surface area contributed by atoms with Gasteiger partial charge in [0.2, 0.25) is 0 Å². The highest BCUT2D eigenvalue weighted by Gasteiger charge is 2.20. The first kappa shape index (κ1) is 17.1. The molecule has 0 aromatic heterocycles. The van der Waals surface area contributed by atoms with E-state index in [0.717, 1.165) is 0 Å². The van der Waals surface area contributed by atoms with Crippen LogP contribution in [0.4, 0.5) is 5.69 Å². The number of aliphatic hydroxyl groups is 1. The summed E-state index contributed by atoms with van der Waals surface area (Å²) >= 11 is 0. The molecule has 3 N–H and O–H groups in total. The number of nitrogens with two attached hydrogens (primary N) is 1. The third-order valence-corrected chi connectivity index (χ3v) is 3.01. The number of carbonyl (C=O) groups excluding carboxylic acids is 1. The lowest BCUT2D eigenvalue weighted by Gasteiger charge is -2.22. The lowest BCUT2D eigenvalue weighted by molar-refractivity contribution is 0.0657. The van der Waals surface area contributed by atoms with Gasteiger partial charge in [0.1, 0.15) is 0 Å². The Hall–Kier alpha value is -1.99. The fraction of sp³-hybridized carbons (Fsp3) is 0.500. The number of carbonyl (C=O) groups is 1. The van der Waals surface area contributed by atoms with Crippen LogP contribution in [0.5, 0.6) is 11.5 Å². The molecule has 0 aliphatic rings. The van der Waals surface area contributed by atoms with E-state index in [9.17, 15) is 4.79 Å². The molecule has 1 aromatic carbocycles. The van der Waals surface area contributed by atoms with Crippen molar-refractivity contribution in [2.75, 3.05) is 53.4 Å². The maximum absolute atomic E-state index is 12.5. The summed E-state index contributed by atoms with van der Waals surface area (Å²) in [6, 6.07) is 3.08. The van der Waals surface area contributed by atoms with Gasteiger partial charge in [0, 0.05) is 32.0 Å². The van der Waals surface area contributed by atoms with Crippen molar-refractivity contribution in [2.45, 2.75) is 0 Å². The van der Waals surface area contributed by atoms with Gasteiger partial charge in [-0.05, 0) is 6.07 Å². The molecule has 7 nitrogen and oxygen atoms in total. The van der Waals surface area contributed by atoms with Gasteiger partial charge in [0.15, 0.2) is 11.5 Å². The summed E-state index contributed by atoms with van der Waals surface area (Å²) in [5.41, 5.74) is 6.50. The normalized spacial score (nSPS) is 10.3. The van der Waals surface area contributed by atoms with Crippen molar-refractivity contribution < 1.29 is 24.1 Å². The van der Waals surface area contributed by atoms with Crippen molar-refractivity contribution in [3.63, 3.8) is 0 Å². The molecule has 1 rings (SSSR count). The number of nitrogens with zero attached hydrogens (tertiary/aromatic N) is 1. The first-order valence-corrected chi connectivity index (χ1v) is 6.49. The second kappa shape index (κ2) is 8.33. The van der Waals surface area contributed by atoms with Crippen LogP contribution in [0.15, 0.2) is 12.1 Å². The topological polar surface area (TPSA) is 94.2 Å². The van der Waals surface area contributed by atoms with Gasteiger partial charge in [-0.15, -0.1) is 0 Å². The van der Waals surface area contributed by atoms with Crippen molar-refractivity contribution >= 4 is 11.6 Å². The van der Waals surface area contributed by atoms with Gasteiger partial charge < -0.3 is 30.0 Å². The first-order valence-electron chi connectivity index (χ1n) is 6.49. The fourth-order valence-corrected chi connectivity index (χ4v) is 1.89. The number of rotatable bonds is 8. The van der Waals surface area contributed by atoms with E-state index in [1.807, 2.05) is 0 Å². The summed E-state index contributed by atoms with van der Waals surface area (Å²) in [7, 11) is 4.53. The van der Waals surface area contributed by atoms with Gasteiger partial charge in [0.25, 0.3) is 5.91 Å². The van der Waals surface area contributed by atoms with Crippen LogP contribution in [0.1, 0.15) is 10.4 Å². The Labute approximate surface area is 124 Å². The van der Waals surface area contributed by atoms with Gasteiger partial charge >= 0.3 is 0 Å². The number of hydrogen-bond acceptors (Lipinski definition) is 6. The minimum absolute atomic E-state index is 0.136. The monoisotopic (exact) mass is 298 g/mol. The molecule has 21 heavy (non-hydrogen) atoms. The lowest BCUT2D eigenvalue weighted by Crippen LogP contribution is -2.36. The van der Waals surface area contributed by atoms with Crippen molar-refractivity contribution in [1.29, 1.82) is 0 Å². The Kier molecular flexibility index (Phi) is 6.77. The zero-order chi connectivity index (χ0) is 15.8. The molecule has 0 saturated carbocycles. The van der Waals surface area contributed by atoms with Gasteiger partial charge in [-0.1, -0.05) is 0 Å². The van der Waals surface area contributed by atoms with Gasteiger partial charge in [-0.2, -0.15) is 0 Å². The Bertz CT molecular complexity index is 479. The van der Waals surface area contributed by atoms with E-state index >= 15 is 0 Å². The first-order chi connectivity index (χ1) is 10.1. The summed E-state index contributed by atoms with van der Waals surface area (Å²) in [6.45, 7) is 0.807. The molecular formula is C14H22N2O5. The third-order valence-electron chi connectivity index (χ3n) is 3.01. The lowest BCUT2D eigenvalue weighted by atomic mass is 10.1. The number of anilines is 1. The summed E-state index contributed by atoms with van der Waals surface area (Å²) < 4.78 is 15.3. The van der Waals surface area contributed by atoms with Crippen LogP contribution in [0, 0.1) is 0 Å². The number of methoxy groups -OCH3 is 3. The third kappa shape index (κ3) is 4.24. The van der Waals surface area contributed by atoms with Crippen molar-refractivity contribution in [1.82, 2.24) is 4.90 Å². The molecular weight excluding hydrogens is 276 g/mol. The fourth-order valence-electron chi connectivity index (χ4n) is 1.89. The molecule has 118 valence electrons. The van der Waals surface area contributed by atoms with E-state index in [0.29, 0.717) is 30.2 Å². The molecule has 0 heterocycles. The predicted molar refractivity (Wildman–Crippen MR) is 78.8 cm³/mol. The van der Waals surface area contributed by atoms with Crippen LogP contribution < -0.4 is 15.2 Å². The van der Waals surface area contributed by atoms with Crippen LogP contribution in [-0.2, 0) is 4.74 Å².